The first-order chi connectivity index (χ1) is 13.0. The van der Waals surface area contributed by atoms with Crippen molar-refractivity contribution in [3.05, 3.63) is 35.5 Å². The average molecular weight is 367 g/mol. The van der Waals surface area contributed by atoms with Gasteiger partial charge in [-0.25, -0.2) is 9.97 Å². The van der Waals surface area contributed by atoms with Crippen LogP contribution in [-0.4, -0.2) is 36.1 Å². The molecule has 0 atom stereocenters. The molecule has 0 bridgehead atoms. The molecule has 0 saturated carbocycles. The molecule has 9 heteroatoms. The molecule has 3 aromatic heterocycles. The molecule has 0 aromatic carbocycles. The van der Waals surface area contributed by atoms with Crippen molar-refractivity contribution >= 4 is 28.7 Å². The summed E-state index contributed by atoms with van der Waals surface area (Å²) in [5.41, 5.74) is 8.29. The number of nitrogens with zero attached hydrogens (tertiary/aromatic N) is 5. The smallest absolute Gasteiger partial charge is 0.258 e. The number of nitrogens with two attached hydrogens (primary N) is 1. The Morgan fingerprint density at radius 2 is 2.11 bits per heavy atom. The predicted molar refractivity (Wildman–Crippen MR) is 99.2 cm³/mol. The second-order valence-electron chi connectivity index (χ2n) is 6.82. The monoisotopic (exact) mass is 367 g/mol. The molecule has 0 unspecified atom stereocenters. The molecule has 1 aliphatic rings. The molecular formula is C18H21N7O2. The van der Waals surface area contributed by atoms with Crippen LogP contribution in [0.4, 0.5) is 5.69 Å². The van der Waals surface area contributed by atoms with Gasteiger partial charge in [0.25, 0.3) is 5.91 Å². The number of amides is 2. The van der Waals surface area contributed by atoms with Gasteiger partial charge in [-0.1, -0.05) is 6.42 Å². The third-order valence-electron chi connectivity index (χ3n) is 4.65. The molecule has 4 rings (SSSR count). The topological polar surface area (TPSA) is 121 Å². The molecule has 2 amide bonds. The minimum atomic E-state index is -0.498. The number of hydrogen-bond acceptors (Lipinski definition) is 5. The lowest BCUT2D eigenvalue weighted by Crippen LogP contribution is -2.18. The van der Waals surface area contributed by atoms with Crippen LogP contribution >= 0.6 is 0 Å². The molecule has 0 aliphatic carbocycles. The first-order valence-electron chi connectivity index (χ1n) is 9.00. The maximum Gasteiger partial charge on any atom is 0.258 e. The number of primary amides is 1. The molecule has 0 fully saturated rings. The van der Waals surface area contributed by atoms with Crippen molar-refractivity contribution in [3.63, 3.8) is 0 Å². The van der Waals surface area contributed by atoms with Gasteiger partial charge in [0.15, 0.2) is 5.65 Å². The number of carbonyl (C=O) groups excluding carboxylic acids is 2. The first kappa shape index (κ1) is 17.2. The summed E-state index contributed by atoms with van der Waals surface area (Å²) in [7, 11) is 0. The molecule has 3 aromatic rings. The average Bonchev–Trinajstić information content (AvgIpc) is 3.09. The predicted octanol–water partition coefficient (Wildman–Crippen LogP) is 1.40. The fraction of sp³-hybridized carbons (Fsp3) is 0.389. The van der Waals surface area contributed by atoms with Gasteiger partial charge in [-0.3, -0.25) is 14.3 Å². The Hall–Kier alpha value is -3.23. The Kier molecular flexibility index (Phi) is 4.35. The Morgan fingerprint density at radius 1 is 1.26 bits per heavy atom. The zero-order valence-electron chi connectivity index (χ0n) is 15.1. The number of aryl methyl sites for hydroxylation is 3. The van der Waals surface area contributed by atoms with Crippen molar-refractivity contribution in [1.29, 1.82) is 0 Å². The highest BCUT2D eigenvalue weighted by atomic mass is 16.2. The van der Waals surface area contributed by atoms with E-state index in [2.05, 4.69) is 20.0 Å². The minimum absolute atomic E-state index is 0.0394. The molecule has 1 aliphatic heterocycles. The van der Waals surface area contributed by atoms with Crippen LogP contribution in [0.5, 0.6) is 0 Å². The third kappa shape index (κ3) is 3.40. The van der Waals surface area contributed by atoms with Gasteiger partial charge in [-0.15, -0.1) is 0 Å². The Morgan fingerprint density at radius 3 is 2.93 bits per heavy atom. The Bertz CT molecular complexity index is 1030. The van der Waals surface area contributed by atoms with Gasteiger partial charge in [-0.05, 0) is 25.8 Å². The Balaban J connectivity index is 1.67. The fourth-order valence-electron chi connectivity index (χ4n) is 3.46. The zero-order valence-corrected chi connectivity index (χ0v) is 15.1. The highest BCUT2D eigenvalue weighted by Gasteiger charge is 2.21. The molecule has 4 heterocycles. The molecule has 0 radical (unpaired) electrons. The lowest BCUT2D eigenvalue weighted by molar-refractivity contribution is -0.118. The summed E-state index contributed by atoms with van der Waals surface area (Å²) in [5, 5.41) is 6.83. The summed E-state index contributed by atoms with van der Waals surface area (Å²) < 4.78 is 3.52. The Labute approximate surface area is 155 Å². The van der Waals surface area contributed by atoms with Crippen LogP contribution in [-0.2, 0) is 24.3 Å². The van der Waals surface area contributed by atoms with Gasteiger partial charge in [0.05, 0.1) is 17.4 Å². The van der Waals surface area contributed by atoms with Crippen molar-refractivity contribution in [3.8, 4) is 0 Å². The number of rotatable bonds is 4. The van der Waals surface area contributed by atoms with E-state index in [1.165, 1.54) is 17.3 Å². The van der Waals surface area contributed by atoms with Crippen molar-refractivity contribution in [2.75, 3.05) is 5.32 Å². The summed E-state index contributed by atoms with van der Waals surface area (Å²) in [6.07, 6.45) is 7.32. The van der Waals surface area contributed by atoms with Crippen LogP contribution in [0, 0.1) is 6.92 Å². The number of pyridine rings is 1. The number of hydrogen-bond donors (Lipinski definition) is 2. The van der Waals surface area contributed by atoms with Gasteiger partial charge in [0, 0.05) is 24.9 Å². The second kappa shape index (κ2) is 6.82. The van der Waals surface area contributed by atoms with Gasteiger partial charge < -0.3 is 15.6 Å². The van der Waals surface area contributed by atoms with Gasteiger partial charge in [0.2, 0.25) is 5.91 Å². The summed E-state index contributed by atoms with van der Waals surface area (Å²) in [6, 6.07) is 1.75. The summed E-state index contributed by atoms with van der Waals surface area (Å²) >= 11 is 0. The van der Waals surface area contributed by atoms with Crippen LogP contribution in [0.15, 0.2) is 18.5 Å². The van der Waals surface area contributed by atoms with Gasteiger partial charge >= 0.3 is 0 Å². The number of nitrogens with one attached hydrogen (secondary N) is 1. The lowest BCUT2D eigenvalue weighted by atomic mass is 10.2. The zero-order chi connectivity index (χ0) is 19.0. The van der Waals surface area contributed by atoms with Crippen molar-refractivity contribution < 1.29 is 9.59 Å². The summed E-state index contributed by atoms with van der Waals surface area (Å²) in [6.45, 7) is 2.71. The second-order valence-corrected chi connectivity index (χ2v) is 6.82. The quantitative estimate of drug-likeness (QED) is 0.722. The number of fused-ring (bicyclic) bond motifs is 3. The van der Waals surface area contributed by atoms with Crippen LogP contribution < -0.4 is 11.1 Å². The number of anilines is 1. The molecule has 3 N–H and O–H groups in total. The van der Waals surface area contributed by atoms with E-state index < -0.39 is 5.91 Å². The molecule has 140 valence electrons. The van der Waals surface area contributed by atoms with Crippen LogP contribution in [0.1, 0.15) is 41.1 Å². The van der Waals surface area contributed by atoms with E-state index in [1.807, 2.05) is 6.92 Å². The fourth-order valence-corrected chi connectivity index (χ4v) is 3.46. The standard InChI is InChI=1S/C18H21N7O2/c1-11-7-13(18(27)22-12-8-20-24(9-12)10-14(19)26)16-17(21-11)25-6-4-2-3-5-15(25)23-16/h7-9H,2-6,10H2,1H3,(H2,19,26)(H,22,27). The molecule has 0 spiro atoms. The van der Waals surface area contributed by atoms with Crippen LogP contribution in [0.25, 0.3) is 11.2 Å². The third-order valence-corrected chi connectivity index (χ3v) is 4.65. The lowest BCUT2D eigenvalue weighted by Gasteiger charge is -2.07. The van der Waals surface area contributed by atoms with E-state index in [9.17, 15) is 9.59 Å². The number of carbonyl (C=O) groups is 2. The molecule has 27 heavy (non-hydrogen) atoms. The highest BCUT2D eigenvalue weighted by molar-refractivity contribution is 6.11. The molecule has 9 nitrogen and oxygen atoms in total. The van der Waals surface area contributed by atoms with Gasteiger partial charge in [0.1, 0.15) is 17.9 Å². The van der Waals surface area contributed by atoms with E-state index in [0.717, 1.165) is 43.0 Å². The maximum atomic E-state index is 12.9. The van der Waals surface area contributed by atoms with E-state index in [1.54, 1.807) is 12.3 Å². The van der Waals surface area contributed by atoms with E-state index >= 15 is 0 Å². The van der Waals surface area contributed by atoms with Crippen LogP contribution in [0.3, 0.4) is 0 Å². The van der Waals surface area contributed by atoms with E-state index in [4.69, 9.17) is 10.7 Å². The van der Waals surface area contributed by atoms with Crippen molar-refractivity contribution in [2.24, 2.45) is 5.73 Å². The van der Waals surface area contributed by atoms with E-state index in [0.29, 0.717) is 16.8 Å². The first-order valence-corrected chi connectivity index (χ1v) is 9.00. The summed E-state index contributed by atoms with van der Waals surface area (Å²) in [4.78, 5) is 33.2. The normalized spacial score (nSPS) is 14.0. The van der Waals surface area contributed by atoms with Crippen molar-refractivity contribution in [1.82, 2.24) is 24.3 Å². The highest BCUT2D eigenvalue weighted by Crippen LogP contribution is 2.24. The van der Waals surface area contributed by atoms with Gasteiger partial charge in [-0.2, -0.15) is 5.10 Å². The SMILES string of the molecule is Cc1cc(C(=O)Nc2cnn(CC(N)=O)c2)c2nc3n(c2n1)CCCCC3. The minimum Gasteiger partial charge on any atom is -0.368 e. The number of aromatic nitrogens is 5. The summed E-state index contributed by atoms with van der Waals surface area (Å²) in [5.74, 6) is 0.211. The van der Waals surface area contributed by atoms with Crippen LogP contribution in [0.2, 0.25) is 0 Å². The van der Waals surface area contributed by atoms with Crippen molar-refractivity contribution in [2.45, 2.75) is 45.7 Å². The largest absolute Gasteiger partial charge is 0.368 e. The van der Waals surface area contributed by atoms with E-state index in [-0.39, 0.29) is 12.5 Å². The maximum absolute atomic E-state index is 12.9. The number of imidazole rings is 1. The molecular weight excluding hydrogens is 346 g/mol. The molecule has 0 saturated heterocycles.